The Morgan fingerprint density at radius 3 is 2.47 bits per heavy atom. The highest BCUT2D eigenvalue weighted by atomic mass is 32.1. The van der Waals surface area contributed by atoms with Crippen molar-refractivity contribution < 1.29 is 22.8 Å². The van der Waals surface area contributed by atoms with Crippen LogP contribution in [0.2, 0.25) is 0 Å². The van der Waals surface area contributed by atoms with Gasteiger partial charge in [0.2, 0.25) is 0 Å². The second kappa shape index (κ2) is 7.91. The summed E-state index contributed by atoms with van der Waals surface area (Å²) in [6.45, 7) is 0.824. The summed E-state index contributed by atoms with van der Waals surface area (Å²) in [6.07, 6.45) is -4.12. The summed E-state index contributed by atoms with van der Waals surface area (Å²) in [6, 6.07) is 13.5. The maximum absolute atomic E-state index is 13.2. The number of carbonyl (C=O) groups is 2. The predicted molar refractivity (Wildman–Crippen MR) is 106 cm³/mol. The van der Waals surface area contributed by atoms with Crippen molar-refractivity contribution >= 4 is 28.3 Å². The van der Waals surface area contributed by atoms with Gasteiger partial charge in [-0.1, -0.05) is 41.7 Å². The first-order valence-electron chi connectivity index (χ1n) is 9.13. The molecule has 0 saturated carbocycles. The van der Waals surface area contributed by atoms with Gasteiger partial charge in [0.05, 0.1) is 23.4 Å². The molecule has 5 nitrogen and oxygen atoms in total. The zero-order valence-electron chi connectivity index (χ0n) is 15.6. The molecule has 2 heterocycles. The second-order valence-corrected chi connectivity index (χ2v) is 7.81. The quantitative estimate of drug-likeness (QED) is 0.659. The molecule has 9 heteroatoms. The lowest BCUT2D eigenvalue weighted by Gasteiger charge is -2.26. The average molecular weight is 431 g/mol. The minimum Gasteiger partial charge on any atom is -0.333 e. The summed E-state index contributed by atoms with van der Waals surface area (Å²) in [7, 11) is 0. The SMILES string of the molecule is O=C(Nc1nc2c(s1)CN(C(=O)c1ccccc1)CC2)c1ccccc1C(F)(F)F. The molecule has 1 aliphatic heterocycles. The van der Waals surface area contributed by atoms with Crippen LogP contribution in [-0.4, -0.2) is 28.2 Å². The lowest BCUT2D eigenvalue weighted by Crippen LogP contribution is -2.35. The Balaban J connectivity index is 1.50. The maximum Gasteiger partial charge on any atom is 0.417 e. The van der Waals surface area contributed by atoms with Crippen LogP contribution in [0.1, 0.15) is 36.9 Å². The summed E-state index contributed by atoms with van der Waals surface area (Å²) in [5.74, 6) is -0.967. The highest BCUT2D eigenvalue weighted by molar-refractivity contribution is 7.15. The van der Waals surface area contributed by atoms with E-state index in [1.54, 1.807) is 29.2 Å². The molecular weight excluding hydrogens is 415 g/mol. The molecule has 2 amide bonds. The number of fused-ring (bicyclic) bond motifs is 1. The number of nitrogens with zero attached hydrogens (tertiary/aromatic N) is 2. The Morgan fingerprint density at radius 1 is 1.03 bits per heavy atom. The summed E-state index contributed by atoms with van der Waals surface area (Å²) in [5, 5.41) is 2.69. The molecule has 4 rings (SSSR count). The summed E-state index contributed by atoms with van der Waals surface area (Å²) >= 11 is 1.17. The van der Waals surface area contributed by atoms with Crippen molar-refractivity contribution in [3.05, 3.63) is 81.9 Å². The van der Waals surface area contributed by atoms with Gasteiger partial charge in [0.1, 0.15) is 0 Å². The van der Waals surface area contributed by atoms with Gasteiger partial charge in [0, 0.05) is 23.4 Å². The summed E-state index contributed by atoms with van der Waals surface area (Å²) < 4.78 is 39.5. The highest BCUT2D eigenvalue weighted by Gasteiger charge is 2.35. The van der Waals surface area contributed by atoms with Crippen LogP contribution < -0.4 is 5.32 Å². The molecule has 0 unspecified atom stereocenters. The van der Waals surface area contributed by atoms with E-state index in [9.17, 15) is 22.8 Å². The molecule has 0 atom stereocenters. The maximum atomic E-state index is 13.2. The minimum atomic E-state index is -4.63. The van der Waals surface area contributed by atoms with Crippen molar-refractivity contribution in [2.24, 2.45) is 0 Å². The lowest BCUT2D eigenvalue weighted by atomic mass is 10.1. The molecule has 0 aliphatic carbocycles. The predicted octanol–water partition coefficient (Wildman–Crippen LogP) is 4.61. The van der Waals surface area contributed by atoms with E-state index in [0.29, 0.717) is 25.1 Å². The van der Waals surface area contributed by atoms with Crippen LogP contribution in [0.5, 0.6) is 0 Å². The molecule has 0 radical (unpaired) electrons. The van der Waals surface area contributed by atoms with Gasteiger partial charge in [-0.15, -0.1) is 0 Å². The second-order valence-electron chi connectivity index (χ2n) is 6.73. The number of alkyl halides is 3. The molecule has 30 heavy (non-hydrogen) atoms. The van der Waals surface area contributed by atoms with Gasteiger partial charge in [-0.05, 0) is 24.3 Å². The van der Waals surface area contributed by atoms with E-state index in [1.165, 1.54) is 23.5 Å². The fourth-order valence-electron chi connectivity index (χ4n) is 3.28. The molecule has 0 saturated heterocycles. The van der Waals surface area contributed by atoms with Crippen LogP contribution in [0, 0.1) is 0 Å². The number of aromatic nitrogens is 1. The first-order chi connectivity index (χ1) is 14.3. The van der Waals surface area contributed by atoms with E-state index in [-0.39, 0.29) is 11.0 Å². The number of hydrogen-bond acceptors (Lipinski definition) is 4. The monoisotopic (exact) mass is 431 g/mol. The Kier molecular flexibility index (Phi) is 5.29. The third kappa shape index (κ3) is 4.06. The van der Waals surface area contributed by atoms with Crippen molar-refractivity contribution in [3.8, 4) is 0 Å². The number of nitrogens with one attached hydrogen (secondary N) is 1. The van der Waals surface area contributed by atoms with Gasteiger partial charge in [0.25, 0.3) is 11.8 Å². The van der Waals surface area contributed by atoms with Crippen LogP contribution in [-0.2, 0) is 19.1 Å². The molecular formula is C21H16F3N3O2S. The van der Waals surface area contributed by atoms with Crippen molar-refractivity contribution in [1.82, 2.24) is 9.88 Å². The fourth-order valence-corrected chi connectivity index (χ4v) is 4.30. The number of thiazole rings is 1. The third-order valence-electron chi connectivity index (χ3n) is 4.74. The zero-order chi connectivity index (χ0) is 21.3. The molecule has 3 aromatic rings. The van der Waals surface area contributed by atoms with E-state index in [4.69, 9.17) is 0 Å². The molecule has 0 bridgehead atoms. The average Bonchev–Trinajstić information content (AvgIpc) is 3.14. The first kappa shape index (κ1) is 20.1. The molecule has 1 N–H and O–H groups in total. The molecule has 0 spiro atoms. The number of rotatable bonds is 3. The Morgan fingerprint density at radius 2 is 1.73 bits per heavy atom. The number of carbonyl (C=O) groups excluding carboxylic acids is 2. The lowest BCUT2D eigenvalue weighted by molar-refractivity contribution is -0.137. The van der Waals surface area contributed by atoms with Crippen molar-refractivity contribution in [3.63, 3.8) is 0 Å². The third-order valence-corrected chi connectivity index (χ3v) is 5.73. The van der Waals surface area contributed by atoms with E-state index < -0.39 is 23.2 Å². The topological polar surface area (TPSA) is 62.3 Å². The zero-order valence-corrected chi connectivity index (χ0v) is 16.4. The van der Waals surface area contributed by atoms with Gasteiger partial charge >= 0.3 is 6.18 Å². The minimum absolute atomic E-state index is 0.0978. The van der Waals surface area contributed by atoms with Crippen molar-refractivity contribution in [2.45, 2.75) is 19.1 Å². The van der Waals surface area contributed by atoms with Crippen LogP contribution in [0.4, 0.5) is 18.3 Å². The van der Waals surface area contributed by atoms with Gasteiger partial charge in [-0.25, -0.2) is 4.98 Å². The Hall–Kier alpha value is -3.20. The standard InChI is InChI=1S/C21H16F3N3O2S/c22-21(23,24)15-9-5-4-8-14(15)18(28)26-20-25-16-10-11-27(12-17(16)30-20)19(29)13-6-2-1-3-7-13/h1-9H,10-12H2,(H,25,26,28). The van der Waals surface area contributed by atoms with Crippen LogP contribution in [0.15, 0.2) is 54.6 Å². The van der Waals surface area contributed by atoms with Crippen molar-refractivity contribution in [2.75, 3.05) is 11.9 Å². The van der Waals surface area contributed by atoms with Gasteiger partial charge in [-0.2, -0.15) is 13.2 Å². The Labute approximate surface area is 174 Å². The largest absolute Gasteiger partial charge is 0.417 e. The number of benzene rings is 2. The number of halogens is 3. The fraction of sp³-hybridized carbons (Fsp3) is 0.190. The molecule has 0 fully saturated rings. The van der Waals surface area contributed by atoms with Crippen LogP contribution in [0.3, 0.4) is 0 Å². The highest BCUT2D eigenvalue weighted by Crippen LogP contribution is 2.33. The van der Waals surface area contributed by atoms with Gasteiger partial charge in [0.15, 0.2) is 5.13 Å². The van der Waals surface area contributed by atoms with Crippen molar-refractivity contribution in [1.29, 1.82) is 0 Å². The Bertz CT molecular complexity index is 1100. The van der Waals surface area contributed by atoms with Gasteiger partial charge in [-0.3, -0.25) is 14.9 Å². The number of anilines is 1. The van der Waals surface area contributed by atoms with E-state index >= 15 is 0 Å². The molecule has 2 aromatic carbocycles. The number of amides is 2. The van der Waals surface area contributed by atoms with E-state index in [2.05, 4.69) is 10.3 Å². The number of hydrogen-bond donors (Lipinski definition) is 1. The van der Waals surface area contributed by atoms with E-state index in [0.717, 1.165) is 22.7 Å². The molecule has 1 aromatic heterocycles. The summed E-state index contributed by atoms with van der Waals surface area (Å²) in [4.78, 5) is 31.9. The summed E-state index contributed by atoms with van der Waals surface area (Å²) in [5.41, 5.74) is -0.123. The van der Waals surface area contributed by atoms with Crippen LogP contribution >= 0.6 is 11.3 Å². The van der Waals surface area contributed by atoms with E-state index in [1.807, 2.05) is 6.07 Å². The van der Waals surface area contributed by atoms with Crippen LogP contribution in [0.25, 0.3) is 0 Å². The first-order valence-corrected chi connectivity index (χ1v) is 9.95. The van der Waals surface area contributed by atoms with Gasteiger partial charge < -0.3 is 4.90 Å². The smallest absolute Gasteiger partial charge is 0.333 e. The molecule has 154 valence electrons. The molecule has 1 aliphatic rings. The normalized spacial score (nSPS) is 13.6.